The first-order valence-corrected chi connectivity index (χ1v) is 7.12. The van der Waals surface area contributed by atoms with E-state index in [2.05, 4.69) is 0 Å². The second-order valence-electron chi connectivity index (χ2n) is 4.44. The van der Waals surface area contributed by atoms with Gasteiger partial charge in [0, 0.05) is 24.9 Å². The Labute approximate surface area is 104 Å². The van der Waals surface area contributed by atoms with Crippen LogP contribution in [0.4, 0.5) is 8.78 Å². The van der Waals surface area contributed by atoms with E-state index in [-0.39, 0.29) is 12.1 Å². The number of carbonyl (C=O) groups is 1. The van der Waals surface area contributed by atoms with Crippen LogP contribution in [0.5, 0.6) is 0 Å². The fraction of sp³-hybridized carbons (Fsp3) is 0.909. The summed E-state index contributed by atoms with van der Waals surface area (Å²) in [7, 11) is 0. The molecule has 0 radical (unpaired) electrons. The zero-order valence-electron chi connectivity index (χ0n) is 9.61. The van der Waals surface area contributed by atoms with Crippen molar-refractivity contribution in [3.63, 3.8) is 0 Å². The maximum Gasteiger partial charge on any atom is 0.315 e. The molecule has 2 atom stereocenters. The summed E-state index contributed by atoms with van der Waals surface area (Å²) in [5.74, 6) is 0.682. The molecule has 0 N–H and O–H groups in total. The molecule has 98 valence electrons. The molecule has 0 spiro atoms. The Morgan fingerprint density at radius 2 is 2.29 bits per heavy atom. The van der Waals surface area contributed by atoms with Crippen LogP contribution >= 0.6 is 11.8 Å². The molecule has 0 bridgehead atoms. The van der Waals surface area contributed by atoms with Gasteiger partial charge in [-0.2, -0.15) is 20.5 Å². The normalized spacial score (nSPS) is 28.9. The van der Waals surface area contributed by atoms with E-state index in [1.54, 1.807) is 11.8 Å². The summed E-state index contributed by atoms with van der Waals surface area (Å²) in [5, 5.41) is 0. The van der Waals surface area contributed by atoms with Crippen molar-refractivity contribution in [3.05, 3.63) is 0 Å². The van der Waals surface area contributed by atoms with E-state index in [1.807, 2.05) is 0 Å². The predicted molar refractivity (Wildman–Crippen MR) is 62.4 cm³/mol. The highest BCUT2D eigenvalue weighted by molar-refractivity contribution is 7.99. The SMILES string of the molecule is O=C(C(F)F)N(CC1CCCO1)C1CCSC1. The van der Waals surface area contributed by atoms with Crippen LogP contribution in [0.2, 0.25) is 0 Å². The number of hydrogen-bond donors (Lipinski definition) is 0. The zero-order valence-corrected chi connectivity index (χ0v) is 10.4. The van der Waals surface area contributed by atoms with Crippen molar-refractivity contribution in [1.82, 2.24) is 4.90 Å². The molecule has 0 aromatic carbocycles. The molecule has 1 amide bonds. The third-order valence-corrected chi connectivity index (χ3v) is 4.39. The molecule has 17 heavy (non-hydrogen) atoms. The van der Waals surface area contributed by atoms with Gasteiger partial charge < -0.3 is 9.64 Å². The molecule has 2 heterocycles. The van der Waals surface area contributed by atoms with E-state index in [0.29, 0.717) is 13.2 Å². The van der Waals surface area contributed by atoms with Gasteiger partial charge in [0.25, 0.3) is 5.91 Å². The third-order valence-electron chi connectivity index (χ3n) is 3.24. The summed E-state index contributed by atoms with van der Waals surface area (Å²) < 4.78 is 30.6. The topological polar surface area (TPSA) is 29.5 Å². The van der Waals surface area contributed by atoms with Crippen LogP contribution in [-0.2, 0) is 9.53 Å². The van der Waals surface area contributed by atoms with E-state index < -0.39 is 12.3 Å². The lowest BCUT2D eigenvalue weighted by molar-refractivity contribution is -0.146. The number of rotatable bonds is 4. The average molecular weight is 265 g/mol. The smallest absolute Gasteiger partial charge is 0.315 e. The van der Waals surface area contributed by atoms with Crippen LogP contribution < -0.4 is 0 Å². The molecular weight excluding hydrogens is 248 g/mol. The molecule has 0 saturated carbocycles. The molecular formula is C11H17F2NO2S. The number of nitrogens with zero attached hydrogens (tertiary/aromatic N) is 1. The number of thioether (sulfide) groups is 1. The fourth-order valence-electron chi connectivity index (χ4n) is 2.32. The van der Waals surface area contributed by atoms with Crippen molar-refractivity contribution < 1.29 is 18.3 Å². The van der Waals surface area contributed by atoms with Crippen LogP contribution in [0, 0.1) is 0 Å². The summed E-state index contributed by atoms with van der Waals surface area (Å²) in [5.41, 5.74) is 0. The van der Waals surface area contributed by atoms with Crippen molar-refractivity contribution in [2.75, 3.05) is 24.7 Å². The zero-order chi connectivity index (χ0) is 12.3. The summed E-state index contributed by atoms with van der Waals surface area (Å²) in [6.45, 7) is 1.01. The summed E-state index contributed by atoms with van der Waals surface area (Å²) in [6.07, 6.45) is -0.311. The lowest BCUT2D eigenvalue weighted by atomic mass is 10.1. The van der Waals surface area contributed by atoms with Crippen molar-refractivity contribution >= 4 is 17.7 Å². The number of ether oxygens (including phenoxy) is 1. The molecule has 3 nitrogen and oxygen atoms in total. The van der Waals surface area contributed by atoms with Gasteiger partial charge in [-0.15, -0.1) is 0 Å². The number of carbonyl (C=O) groups excluding carboxylic acids is 1. The minimum Gasteiger partial charge on any atom is -0.376 e. The van der Waals surface area contributed by atoms with Gasteiger partial charge in [0.15, 0.2) is 0 Å². The Hall–Kier alpha value is -0.360. The number of hydrogen-bond acceptors (Lipinski definition) is 3. The Kier molecular flexibility index (Phi) is 4.62. The lowest BCUT2D eigenvalue weighted by Crippen LogP contribution is -2.47. The maximum atomic E-state index is 12.6. The van der Waals surface area contributed by atoms with Crippen molar-refractivity contribution in [1.29, 1.82) is 0 Å². The number of alkyl halides is 2. The second kappa shape index (κ2) is 6.00. The quantitative estimate of drug-likeness (QED) is 0.776. The molecule has 2 aliphatic heterocycles. The maximum absolute atomic E-state index is 12.6. The van der Waals surface area contributed by atoms with Gasteiger partial charge in [-0.1, -0.05) is 0 Å². The van der Waals surface area contributed by atoms with Gasteiger partial charge in [0.05, 0.1) is 6.10 Å². The first-order chi connectivity index (χ1) is 8.18. The Morgan fingerprint density at radius 3 is 2.82 bits per heavy atom. The highest BCUT2D eigenvalue weighted by Crippen LogP contribution is 2.25. The van der Waals surface area contributed by atoms with Crippen LogP contribution in [0.15, 0.2) is 0 Å². The summed E-state index contributed by atoms with van der Waals surface area (Å²) in [6, 6.07) is -0.0364. The third kappa shape index (κ3) is 3.31. The van der Waals surface area contributed by atoms with Gasteiger partial charge in [0.1, 0.15) is 0 Å². The predicted octanol–water partition coefficient (Wildman–Crippen LogP) is 1.76. The van der Waals surface area contributed by atoms with Crippen LogP contribution in [0.1, 0.15) is 19.3 Å². The van der Waals surface area contributed by atoms with E-state index >= 15 is 0 Å². The lowest BCUT2D eigenvalue weighted by Gasteiger charge is -2.30. The van der Waals surface area contributed by atoms with Gasteiger partial charge >= 0.3 is 6.43 Å². The van der Waals surface area contributed by atoms with Gasteiger partial charge in [-0.3, -0.25) is 4.79 Å². The first-order valence-electron chi connectivity index (χ1n) is 5.96. The Balaban J connectivity index is 1.97. The number of halogens is 2. The second-order valence-corrected chi connectivity index (χ2v) is 5.59. The summed E-state index contributed by atoms with van der Waals surface area (Å²) in [4.78, 5) is 12.9. The molecule has 0 aromatic rings. The largest absolute Gasteiger partial charge is 0.376 e. The van der Waals surface area contributed by atoms with E-state index in [9.17, 15) is 13.6 Å². The molecule has 2 fully saturated rings. The fourth-order valence-corrected chi connectivity index (χ4v) is 3.54. The van der Waals surface area contributed by atoms with Crippen molar-refractivity contribution in [2.45, 2.75) is 37.8 Å². The van der Waals surface area contributed by atoms with Crippen LogP contribution in [0.25, 0.3) is 0 Å². The number of amides is 1. The average Bonchev–Trinajstić information content (AvgIpc) is 2.97. The van der Waals surface area contributed by atoms with Gasteiger partial charge in [0.2, 0.25) is 0 Å². The van der Waals surface area contributed by atoms with Crippen LogP contribution in [0.3, 0.4) is 0 Å². The molecule has 2 aliphatic rings. The van der Waals surface area contributed by atoms with Gasteiger partial charge in [-0.05, 0) is 25.0 Å². The summed E-state index contributed by atoms with van der Waals surface area (Å²) >= 11 is 1.72. The highest BCUT2D eigenvalue weighted by atomic mass is 32.2. The monoisotopic (exact) mass is 265 g/mol. The Morgan fingerprint density at radius 1 is 1.47 bits per heavy atom. The minimum absolute atomic E-state index is 0.0364. The minimum atomic E-state index is -2.90. The molecule has 2 saturated heterocycles. The molecule has 2 rings (SSSR count). The molecule has 2 unspecified atom stereocenters. The van der Waals surface area contributed by atoms with Crippen LogP contribution in [-0.4, -0.2) is 54.0 Å². The first kappa shape index (κ1) is 13.1. The van der Waals surface area contributed by atoms with Gasteiger partial charge in [-0.25, -0.2) is 0 Å². The standard InChI is InChI=1S/C11H17F2NO2S/c12-10(13)11(15)14(8-3-5-17-7-8)6-9-2-1-4-16-9/h8-10H,1-7H2. The molecule has 6 heteroatoms. The van der Waals surface area contributed by atoms with E-state index in [0.717, 1.165) is 30.8 Å². The highest BCUT2D eigenvalue weighted by Gasteiger charge is 2.34. The van der Waals surface area contributed by atoms with E-state index in [1.165, 1.54) is 4.90 Å². The molecule has 0 aliphatic carbocycles. The van der Waals surface area contributed by atoms with Crippen molar-refractivity contribution in [2.24, 2.45) is 0 Å². The Bertz CT molecular complexity index is 266. The van der Waals surface area contributed by atoms with Crippen molar-refractivity contribution in [3.8, 4) is 0 Å². The molecule has 0 aromatic heterocycles. The van der Waals surface area contributed by atoms with E-state index in [4.69, 9.17) is 4.74 Å².